The lowest BCUT2D eigenvalue weighted by molar-refractivity contribution is 0.580. The zero-order chi connectivity index (χ0) is 14.5. The van der Waals surface area contributed by atoms with E-state index in [0.29, 0.717) is 22.2 Å². The van der Waals surface area contributed by atoms with Gasteiger partial charge in [-0.15, -0.1) is 0 Å². The van der Waals surface area contributed by atoms with E-state index in [-0.39, 0.29) is 0 Å². The Balaban J connectivity index is 2.76. The molecule has 108 valence electrons. The largest absolute Gasteiger partial charge is 0.240 e. The van der Waals surface area contributed by atoms with Crippen LogP contribution in [0.2, 0.25) is 0 Å². The van der Waals surface area contributed by atoms with Crippen LogP contribution in [0.1, 0.15) is 32.8 Å². The first kappa shape index (κ1) is 16.7. The summed E-state index contributed by atoms with van der Waals surface area (Å²) in [5, 5.41) is 0. The summed E-state index contributed by atoms with van der Waals surface area (Å²) in [7, 11) is -3.35. The Labute approximate surface area is 125 Å². The van der Waals surface area contributed by atoms with E-state index in [0.717, 1.165) is 18.4 Å². The first-order valence-corrected chi connectivity index (χ1v) is 8.99. The molecule has 0 amide bonds. The molecular formula is C14H22BrNO2S. The summed E-state index contributed by atoms with van der Waals surface area (Å²) in [6.45, 7) is 6.73. The van der Waals surface area contributed by atoms with E-state index in [1.165, 1.54) is 0 Å². The minimum Gasteiger partial charge on any atom is -0.211 e. The van der Waals surface area contributed by atoms with Gasteiger partial charge in [0.2, 0.25) is 10.0 Å². The summed E-state index contributed by atoms with van der Waals surface area (Å²) >= 11 is 3.64. The van der Waals surface area contributed by atoms with E-state index in [2.05, 4.69) is 34.5 Å². The number of halogens is 1. The molecule has 5 heteroatoms. The van der Waals surface area contributed by atoms with E-state index in [1.54, 1.807) is 12.1 Å². The molecular weight excluding hydrogens is 326 g/mol. The highest BCUT2D eigenvalue weighted by atomic mass is 79.9. The lowest BCUT2D eigenvalue weighted by Crippen LogP contribution is -2.24. The number of hydrogen-bond acceptors (Lipinski definition) is 2. The van der Waals surface area contributed by atoms with Crippen LogP contribution in [-0.2, 0) is 16.4 Å². The third kappa shape index (κ3) is 5.24. The van der Waals surface area contributed by atoms with Crippen LogP contribution in [0.25, 0.3) is 0 Å². The van der Waals surface area contributed by atoms with Crippen LogP contribution in [0.4, 0.5) is 0 Å². The van der Waals surface area contributed by atoms with Gasteiger partial charge in [-0.3, -0.25) is 0 Å². The van der Waals surface area contributed by atoms with Crippen LogP contribution in [0.15, 0.2) is 29.2 Å². The van der Waals surface area contributed by atoms with E-state index in [1.807, 2.05) is 19.1 Å². The van der Waals surface area contributed by atoms with Crippen molar-refractivity contribution < 1.29 is 8.42 Å². The van der Waals surface area contributed by atoms with Crippen molar-refractivity contribution in [2.45, 2.75) is 43.3 Å². The second-order valence-electron chi connectivity index (χ2n) is 5.01. The average Bonchev–Trinajstić information content (AvgIpc) is 2.37. The van der Waals surface area contributed by atoms with Gasteiger partial charge in [-0.05, 0) is 36.5 Å². The van der Waals surface area contributed by atoms with Gasteiger partial charge >= 0.3 is 0 Å². The van der Waals surface area contributed by atoms with Gasteiger partial charge in [-0.25, -0.2) is 13.1 Å². The van der Waals surface area contributed by atoms with Crippen LogP contribution in [0.3, 0.4) is 0 Å². The number of alkyl halides is 1. The molecule has 0 bridgehead atoms. The average molecular weight is 348 g/mol. The number of nitrogens with one attached hydrogen (secondary N) is 1. The number of benzene rings is 1. The molecule has 1 aromatic carbocycles. The van der Waals surface area contributed by atoms with Crippen LogP contribution in [-0.4, -0.2) is 19.8 Å². The molecule has 0 saturated carbocycles. The van der Waals surface area contributed by atoms with Crippen molar-refractivity contribution >= 4 is 26.0 Å². The minimum absolute atomic E-state index is 0.334. The molecule has 1 aromatic rings. The Hall–Kier alpha value is -0.390. The highest BCUT2D eigenvalue weighted by molar-refractivity contribution is 9.09. The van der Waals surface area contributed by atoms with Crippen LogP contribution >= 0.6 is 15.9 Å². The predicted molar refractivity (Wildman–Crippen MR) is 83.2 cm³/mol. The second-order valence-corrected chi connectivity index (χ2v) is 7.95. The molecule has 0 saturated heterocycles. The third-order valence-corrected chi connectivity index (χ3v) is 5.79. The highest BCUT2D eigenvalue weighted by Crippen LogP contribution is 2.19. The summed E-state index contributed by atoms with van der Waals surface area (Å²) < 4.78 is 26.4. The Morgan fingerprint density at radius 3 is 2.26 bits per heavy atom. The number of rotatable bonds is 7. The van der Waals surface area contributed by atoms with Crippen molar-refractivity contribution in [3.8, 4) is 0 Å². The first-order valence-electron chi connectivity index (χ1n) is 6.59. The maximum atomic E-state index is 11.9. The van der Waals surface area contributed by atoms with Gasteiger partial charge in [-0.1, -0.05) is 48.8 Å². The second kappa shape index (κ2) is 7.41. The maximum Gasteiger partial charge on any atom is 0.240 e. The van der Waals surface area contributed by atoms with Crippen molar-refractivity contribution in [3.05, 3.63) is 29.8 Å². The Bertz CT molecular complexity index is 483. The topological polar surface area (TPSA) is 46.2 Å². The van der Waals surface area contributed by atoms with Crippen LogP contribution in [0.5, 0.6) is 0 Å². The summed E-state index contributed by atoms with van der Waals surface area (Å²) in [6.07, 6.45) is 1.69. The summed E-state index contributed by atoms with van der Waals surface area (Å²) in [6, 6.07) is 7.12. The molecule has 0 aliphatic carbocycles. The lowest BCUT2D eigenvalue weighted by Gasteiger charge is -2.14. The van der Waals surface area contributed by atoms with E-state index >= 15 is 0 Å². The molecule has 3 nitrogen and oxygen atoms in total. The molecule has 0 heterocycles. The van der Waals surface area contributed by atoms with Gasteiger partial charge < -0.3 is 0 Å². The monoisotopic (exact) mass is 347 g/mol. The van der Waals surface area contributed by atoms with Crippen molar-refractivity contribution in [1.82, 2.24) is 4.72 Å². The van der Waals surface area contributed by atoms with Gasteiger partial charge in [0.1, 0.15) is 0 Å². The van der Waals surface area contributed by atoms with Crippen molar-refractivity contribution in [2.24, 2.45) is 5.92 Å². The number of sulfonamides is 1. The Morgan fingerprint density at radius 1 is 1.21 bits per heavy atom. The molecule has 1 N–H and O–H groups in total. The van der Waals surface area contributed by atoms with E-state index in [4.69, 9.17) is 0 Å². The molecule has 1 rings (SSSR count). The van der Waals surface area contributed by atoms with E-state index in [9.17, 15) is 8.42 Å². The fraction of sp³-hybridized carbons (Fsp3) is 0.571. The van der Waals surface area contributed by atoms with Gasteiger partial charge in [0.15, 0.2) is 0 Å². The molecule has 1 atom stereocenters. The van der Waals surface area contributed by atoms with Gasteiger partial charge in [-0.2, -0.15) is 0 Å². The molecule has 0 aliphatic rings. The minimum atomic E-state index is -3.35. The molecule has 0 aliphatic heterocycles. The van der Waals surface area contributed by atoms with Crippen LogP contribution < -0.4 is 4.72 Å². The SMILES string of the molecule is CCCNS(=O)(=O)c1ccc(CC(Br)C(C)C)cc1. The molecule has 19 heavy (non-hydrogen) atoms. The lowest BCUT2D eigenvalue weighted by atomic mass is 10.0. The van der Waals surface area contributed by atoms with Crippen molar-refractivity contribution in [1.29, 1.82) is 0 Å². The van der Waals surface area contributed by atoms with Crippen LogP contribution in [0, 0.1) is 5.92 Å². The third-order valence-electron chi connectivity index (χ3n) is 2.93. The first-order chi connectivity index (χ1) is 8.86. The Kier molecular flexibility index (Phi) is 6.50. The maximum absolute atomic E-state index is 11.9. The van der Waals surface area contributed by atoms with Gasteiger partial charge in [0, 0.05) is 11.4 Å². The van der Waals surface area contributed by atoms with Crippen molar-refractivity contribution in [2.75, 3.05) is 6.54 Å². The molecule has 0 aromatic heterocycles. The standard InChI is InChI=1S/C14H22BrNO2S/c1-4-9-16-19(17,18)13-7-5-12(6-8-13)10-14(15)11(2)3/h5-8,11,14,16H,4,9-10H2,1-3H3. The molecule has 1 unspecified atom stereocenters. The molecule has 0 radical (unpaired) electrons. The van der Waals surface area contributed by atoms with Crippen molar-refractivity contribution in [3.63, 3.8) is 0 Å². The van der Waals surface area contributed by atoms with Gasteiger partial charge in [0.25, 0.3) is 0 Å². The van der Waals surface area contributed by atoms with Gasteiger partial charge in [0.05, 0.1) is 4.90 Å². The zero-order valence-electron chi connectivity index (χ0n) is 11.7. The fourth-order valence-corrected chi connectivity index (χ4v) is 3.09. The summed E-state index contributed by atoms with van der Waals surface area (Å²) in [5.74, 6) is 0.551. The Morgan fingerprint density at radius 2 is 1.79 bits per heavy atom. The quantitative estimate of drug-likeness (QED) is 0.769. The highest BCUT2D eigenvalue weighted by Gasteiger charge is 2.14. The van der Waals surface area contributed by atoms with E-state index < -0.39 is 10.0 Å². The summed E-state index contributed by atoms with van der Waals surface area (Å²) in [4.78, 5) is 0.744. The smallest absolute Gasteiger partial charge is 0.211 e. The predicted octanol–water partition coefficient (Wildman–Crippen LogP) is 3.34. The molecule has 0 fully saturated rings. The zero-order valence-corrected chi connectivity index (χ0v) is 14.1. The number of hydrogen-bond donors (Lipinski definition) is 1. The summed E-state index contributed by atoms with van der Waals surface area (Å²) in [5.41, 5.74) is 1.14. The fourth-order valence-electron chi connectivity index (χ4n) is 1.59. The normalized spacial score (nSPS) is 13.7. The molecule has 0 spiro atoms.